The van der Waals surface area contributed by atoms with Gasteiger partial charge in [0.1, 0.15) is 12.0 Å². The Morgan fingerprint density at radius 3 is 2.62 bits per heavy atom. The minimum absolute atomic E-state index is 0.214. The molecule has 1 fully saturated rings. The quantitative estimate of drug-likeness (QED) is 0.626. The number of rotatable bonds is 5. The maximum atomic E-state index is 4.90. The van der Waals surface area contributed by atoms with E-state index in [1.807, 2.05) is 20.2 Å². The summed E-state index contributed by atoms with van der Waals surface area (Å²) in [5.41, 5.74) is 2.51. The molecule has 24 heavy (non-hydrogen) atoms. The summed E-state index contributed by atoms with van der Waals surface area (Å²) in [4.78, 5) is 6.46. The largest absolute Gasteiger partial charge is 0.364 e. The fraction of sp³-hybridized carbons (Fsp3) is 0.444. The molecule has 1 aliphatic carbocycles. The van der Waals surface area contributed by atoms with Crippen molar-refractivity contribution in [2.24, 2.45) is 4.99 Å². The van der Waals surface area contributed by atoms with Crippen LogP contribution in [-0.2, 0) is 12.0 Å². The number of nitrogens with one attached hydrogen (secondary N) is 1. The lowest BCUT2D eigenvalue weighted by Crippen LogP contribution is -2.49. The van der Waals surface area contributed by atoms with E-state index in [-0.39, 0.29) is 5.41 Å². The zero-order valence-electron chi connectivity index (χ0n) is 14.1. The van der Waals surface area contributed by atoms with Crippen LogP contribution in [-0.4, -0.2) is 36.7 Å². The van der Waals surface area contributed by atoms with Gasteiger partial charge in [0.05, 0.1) is 6.54 Å². The molecule has 3 rings (SSSR count). The van der Waals surface area contributed by atoms with Gasteiger partial charge >= 0.3 is 0 Å². The molecule has 0 aliphatic heterocycles. The van der Waals surface area contributed by atoms with Crippen LogP contribution < -0.4 is 5.32 Å². The van der Waals surface area contributed by atoms with E-state index in [0.29, 0.717) is 6.54 Å². The number of aromatic nitrogens is 1. The van der Waals surface area contributed by atoms with Crippen LogP contribution in [0.3, 0.4) is 0 Å². The van der Waals surface area contributed by atoms with Gasteiger partial charge in [-0.05, 0) is 30.5 Å². The average Bonchev–Trinajstić information content (AvgIpc) is 3.04. The van der Waals surface area contributed by atoms with E-state index in [4.69, 9.17) is 4.52 Å². The molecule has 0 saturated heterocycles. The lowest BCUT2D eigenvalue weighted by molar-refractivity contribution is 0.241. The van der Waals surface area contributed by atoms with Gasteiger partial charge in [-0.25, -0.2) is 0 Å². The molecule has 1 aliphatic rings. The van der Waals surface area contributed by atoms with E-state index in [0.717, 1.165) is 22.7 Å². The first kappa shape index (κ1) is 17.0. The van der Waals surface area contributed by atoms with Gasteiger partial charge in [0, 0.05) is 36.6 Å². The number of guanidine groups is 1. The van der Waals surface area contributed by atoms with Gasteiger partial charge in [-0.2, -0.15) is 0 Å². The van der Waals surface area contributed by atoms with Crippen molar-refractivity contribution in [2.45, 2.75) is 31.2 Å². The van der Waals surface area contributed by atoms with E-state index in [2.05, 4.69) is 60.6 Å². The van der Waals surface area contributed by atoms with E-state index in [9.17, 15) is 0 Å². The molecule has 5 nitrogen and oxygen atoms in total. The number of benzene rings is 1. The third-order valence-electron chi connectivity index (χ3n) is 4.82. The molecule has 1 saturated carbocycles. The Bertz CT molecular complexity index is 678. The number of aliphatic imine (C=N–C) groups is 1. The van der Waals surface area contributed by atoms with Crippen molar-refractivity contribution in [2.75, 3.05) is 20.6 Å². The van der Waals surface area contributed by atoms with Crippen molar-refractivity contribution in [3.8, 4) is 0 Å². The summed E-state index contributed by atoms with van der Waals surface area (Å²) in [6.07, 6.45) is 5.30. The van der Waals surface area contributed by atoms with Crippen LogP contribution in [0.4, 0.5) is 0 Å². The van der Waals surface area contributed by atoms with E-state index in [1.165, 1.54) is 24.8 Å². The summed E-state index contributed by atoms with van der Waals surface area (Å²) in [7, 11) is 3.83. The second-order valence-corrected chi connectivity index (χ2v) is 7.30. The van der Waals surface area contributed by atoms with Gasteiger partial charge in [-0.3, -0.25) is 4.99 Å². The molecule has 0 radical (unpaired) electrons. The smallest absolute Gasteiger partial charge is 0.193 e. The Hall–Kier alpha value is -1.82. The number of hydrogen-bond acceptors (Lipinski definition) is 3. The lowest BCUT2D eigenvalue weighted by Gasteiger charge is -2.43. The van der Waals surface area contributed by atoms with Crippen LogP contribution in [0.2, 0.25) is 0 Å². The van der Waals surface area contributed by atoms with Crippen LogP contribution in [0.1, 0.15) is 30.5 Å². The van der Waals surface area contributed by atoms with E-state index in [1.54, 1.807) is 6.26 Å². The van der Waals surface area contributed by atoms with Crippen molar-refractivity contribution >= 4 is 21.9 Å². The molecule has 0 unspecified atom stereocenters. The third kappa shape index (κ3) is 3.64. The number of nitrogens with zero attached hydrogens (tertiary/aromatic N) is 3. The minimum Gasteiger partial charge on any atom is -0.364 e. The first-order valence-corrected chi connectivity index (χ1v) is 8.99. The molecular weight excluding hydrogens is 368 g/mol. The number of hydrogen-bond donors (Lipinski definition) is 1. The van der Waals surface area contributed by atoms with Gasteiger partial charge in [0.25, 0.3) is 0 Å². The Kier molecular flexibility index (Phi) is 5.23. The van der Waals surface area contributed by atoms with Crippen LogP contribution in [0.5, 0.6) is 0 Å². The van der Waals surface area contributed by atoms with Crippen LogP contribution in [0.25, 0.3) is 0 Å². The van der Waals surface area contributed by atoms with E-state index >= 15 is 0 Å². The summed E-state index contributed by atoms with van der Waals surface area (Å²) in [5, 5.41) is 7.50. The average molecular weight is 391 g/mol. The maximum Gasteiger partial charge on any atom is 0.193 e. The third-order valence-corrected chi connectivity index (χ3v) is 5.34. The van der Waals surface area contributed by atoms with E-state index < -0.39 is 0 Å². The standard InChI is InChI=1S/C18H23BrN4O/c1-20-17(23(2)12-16-8-11-24-22-16)21-13-18(9-3-10-18)14-4-6-15(19)7-5-14/h4-8,11H,3,9-10,12-13H2,1-2H3,(H,20,21). The molecule has 0 atom stereocenters. The van der Waals surface area contributed by atoms with Crippen LogP contribution in [0.15, 0.2) is 50.6 Å². The van der Waals surface area contributed by atoms with Gasteiger partial charge in [-0.1, -0.05) is 39.6 Å². The first-order chi connectivity index (χ1) is 11.6. The fourth-order valence-corrected chi connectivity index (χ4v) is 3.51. The van der Waals surface area contributed by atoms with Crippen molar-refractivity contribution in [3.05, 3.63) is 52.3 Å². The summed E-state index contributed by atoms with van der Waals surface area (Å²) >= 11 is 3.52. The summed E-state index contributed by atoms with van der Waals surface area (Å²) in [6.45, 7) is 1.56. The van der Waals surface area contributed by atoms with Gasteiger partial charge in [-0.15, -0.1) is 0 Å². The van der Waals surface area contributed by atoms with Crippen LogP contribution in [0, 0.1) is 0 Å². The molecule has 0 spiro atoms. The predicted octanol–water partition coefficient (Wildman–Crippen LogP) is 3.57. The summed E-state index contributed by atoms with van der Waals surface area (Å²) in [5.74, 6) is 0.876. The SMILES string of the molecule is CN=C(NCC1(c2ccc(Br)cc2)CCC1)N(C)Cc1ccon1. The van der Waals surface area contributed by atoms with Crippen molar-refractivity contribution in [1.29, 1.82) is 0 Å². The molecule has 6 heteroatoms. The molecule has 2 aromatic rings. The highest BCUT2D eigenvalue weighted by Crippen LogP contribution is 2.43. The normalized spacial score (nSPS) is 16.5. The zero-order valence-corrected chi connectivity index (χ0v) is 15.7. The number of halogens is 1. The second-order valence-electron chi connectivity index (χ2n) is 6.39. The highest BCUT2D eigenvalue weighted by molar-refractivity contribution is 9.10. The summed E-state index contributed by atoms with van der Waals surface area (Å²) in [6, 6.07) is 10.6. The molecule has 1 N–H and O–H groups in total. The molecule has 0 bridgehead atoms. The monoisotopic (exact) mass is 390 g/mol. The minimum atomic E-state index is 0.214. The Labute approximate surface area is 151 Å². The van der Waals surface area contributed by atoms with Gasteiger partial charge < -0.3 is 14.7 Å². The highest BCUT2D eigenvalue weighted by Gasteiger charge is 2.38. The second kappa shape index (κ2) is 7.38. The molecule has 1 aromatic heterocycles. The van der Waals surface area contributed by atoms with Crippen molar-refractivity contribution in [3.63, 3.8) is 0 Å². The summed E-state index contributed by atoms with van der Waals surface area (Å²) < 4.78 is 6.02. The first-order valence-electron chi connectivity index (χ1n) is 8.20. The van der Waals surface area contributed by atoms with Crippen LogP contribution >= 0.6 is 15.9 Å². The predicted molar refractivity (Wildman–Crippen MR) is 99.0 cm³/mol. The molecule has 0 amide bonds. The Morgan fingerprint density at radius 1 is 1.33 bits per heavy atom. The Morgan fingerprint density at radius 2 is 2.08 bits per heavy atom. The zero-order chi connectivity index (χ0) is 17.0. The highest BCUT2D eigenvalue weighted by atomic mass is 79.9. The topological polar surface area (TPSA) is 53.7 Å². The van der Waals surface area contributed by atoms with Gasteiger partial charge in [0.2, 0.25) is 0 Å². The molecule has 1 aromatic carbocycles. The molecular formula is C18H23BrN4O. The Balaban J connectivity index is 1.64. The molecule has 1 heterocycles. The molecule has 128 valence electrons. The van der Waals surface area contributed by atoms with Crippen molar-refractivity contribution in [1.82, 2.24) is 15.4 Å². The fourth-order valence-electron chi connectivity index (χ4n) is 3.24. The van der Waals surface area contributed by atoms with Gasteiger partial charge in [0.15, 0.2) is 5.96 Å². The lowest BCUT2D eigenvalue weighted by atomic mass is 9.64. The maximum absolute atomic E-state index is 4.90. The van der Waals surface area contributed by atoms with Crippen molar-refractivity contribution < 1.29 is 4.52 Å².